The molecule has 1 rings (SSSR count). The molecule has 0 radical (unpaired) electrons. The topological polar surface area (TPSA) is 29.9 Å². The molecule has 1 unspecified atom stereocenters. The molecule has 0 bridgehead atoms. The van der Waals surface area contributed by atoms with E-state index in [0.29, 0.717) is 11.5 Å². The summed E-state index contributed by atoms with van der Waals surface area (Å²) >= 11 is 3.70. The van der Waals surface area contributed by atoms with Gasteiger partial charge in [0, 0.05) is 13.1 Å². The average molecular weight is 344 g/mol. The summed E-state index contributed by atoms with van der Waals surface area (Å²) in [4.78, 5) is 0. The van der Waals surface area contributed by atoms with Crippen LogP contribution in [0.2, 0.25) is 0 Å². The largest absolute Gasteiger partial charge is 0.314 e. The summed E-state index contributed by atoms with van der Waals surface area (Å²) in [6.45, 7) is 12.3. The molecule has 1 aromatic heterocycles. The van der Waals surface area contributed by atoms with Gasteiger partial charge in [-0.2, -0.15) is 5.10 Å². The Bertz CT molecular complexity index is 418. The van der Waals surface area contributed by atoms with E-state index in [1.807, 2.05) is 11.7 Å². The molecule has 3 nitrogen and oxygen atoms in total. The molecule has 4 heteroatoms. The van der Waals surface area contributed by atoms with E-state index in [9.17, 15) is 0 Å². The molecule has 1 aromatic rings. The second-order valence-electron chi connectivity index (χ2n) is 6.55. The summed E-state index contributed by atoms with van der Waals surface area (Å²) in [7, 11) is 2.05. The quantitative estimate of drug-likeness (QED) is 0.807. The van der Waals surface area contributed by atoms with E-state index < -0.39 is 0 Å². The van der Waals surface area contributed by atoms with Gasteiger partial charge in [0.1, 0.15) is 0 Å². The van der Waals surface area contributed by atoms with E-state index in [1.165, 1.54) is 28.7 Å². The highest BCUT2D eigenvalue weighted by molar-refractivity contribution is 9.10. The number of aromatic nitrogens is 2. The van der Waals surface area contributed by atoms with Gasteiger partial charge in [-0.05, 0) is 53.6 Å². The van der Waals surface area contributed by atoms with E-state index in [-0.39, 0.29) is 0 Å². The lowest BCUT2D eigenvalue weighted by molar-refractivity contribution is 0.254. The van der Waals surface area contributed by atoms with Gasteiger partial charge in [0.25, 0.3) is 0 Å². The Labute approximate surface area is 132 Å². The number of nitrogens with zero attached hydrogens (tertiary/aromatic N) is 2. The molecule has 20 heavy (non-hydrogen) atoms. The van der Waals surface area contributed by atoms with E-state index in [2.05, 4.69) is 61.0 Å². The zero-order chi connectivity index (χ0) is 15.3. The molecule has 1 atom stereocenters. The third-order valence-electron chi connectivity index (χ3n) is 3.91. The predicted molar refractivity (Wildman–Crippen MR) is 90.1 cm³/mol. The lowest BCUT2D eigenvalue weighted by Gasteiger charge is -2.31. The summed E-state index contributed by atoms with van der Waals surface area (Å²) in [5, 5.41) is 8.19. The highest BCUT2D eigenvalue weighted by Crippen LogP contribution is 2.26. The Morgan fingerprint density at radius 3 is 2.40 bits per heavy atom. The fourth-order valence-corrected chi connectivity index (χ4v) is 3.47. The van der Waals surface area contributed by atoms with Gasteiger partial charge in [0.05, 0.1) is 15.9 Å². The Morgan fingerprint density at radius 1 is 1.30 bits per heavy atom. The normalized spacial score (nSPS) is 13.8. The van der Waals surface area contributed by atoms with Gasteiger partial charge in [-0.3, -0.25) is 4.68 Å². The van der Waals surface area contributed by atoms with Crippen LogP contribution in [0.15, 0.2) is 4.47 Å². The average Bonchev–Trinajstić information content (AvgIpc) is 2.63. The smallest absolute Gasteiger partial charge is 0.0766 e. The van der Waals surface area contributed by atoms with Crippen molar-refractivity contribution in [3.8, 4) is 0 Å². The Kier molecular flexibility index (Phi) is 6.73. The Balaban J connectivity index is 2.61. The highest BCUT2D eigenvalue weighted by atomic mass is 79.9. The zero-order valence-corrected chi connectivity index (χ0v) is 15.5. The fraction of sp³-hybridized carbons (Fsp3) is 0.812. The first-order chi connectivity index (χ1) is 9.31. The second-order valence-corrected chi connectivity index (χ2v) is 7.35. The SMILES string of the molecule is CCNC(CCCc1c(Br)c(CC)nn1C)C(C)(C)C. The van der Waals surface area contributed by atoms with Crippen molar-refractivity contribution in [2.24, 2.45) is 12.5 Å². The van der Waals surface area contributed by atoms with Gasteiger partial charge in [-0.25, -0.2) is 0 Å². The Morgan fingerprint density at radius 2 is 1.95 bits per heavy atom. The molecule has 0 aliphatic heterocycles. The van der Waals surface area contributed by atoms with Gasteiger partial charge < -0.3 is 5.32 Å². The van der Waals surface area contributed by atoms with E-state index in [1.54, 1.807) is 0 Å². The van der Waals surface area contributed by atoms with Crippen molar-refractivity contribution in [3.05, 3.63) is 15.9 Å². The number of aryl methyl sites for hydroxylation is 2. The van der Waals surface area contributed by atoms with Crippen LogP contribution in [0, 0.1) is 5.41 Å². The molecule has 0 aliphatic carbocycles. The van der Waals surface area contributed by atoms with Crippen molar-refractivity contribution in [2.75, 3.05) is 6.54 Å². The summed E-state index contributed by atoms with van der Waals surface area (Å²) in [5.41, 5.74) is 2.81. The van der Waals surface area contributed by atoms with Gasteiger partial charge in [0.15, 0.2) is 0 Å². The van der Waals surface area contributed by atoms with Crippen LogP contribution >= 0.6 is 15.9 Å². The maximum atomic E-state index is 4.57. The van der Waals surface area contributed by atoms with Crippen LogP contribution in [0.1, 0.15) is 58.8 Å². The minimum Gasteiger partial charge on any atom is -0.314 e. The van der Waals surface area contributed by atoms with Crippen molar-refractivity contribution in [1.29, 1.82) is 0 Å². The maximum Gasteiger partial charge on any atom is 0.0766 e. The molecule has 116 valence electrons. The summed E-state index contributed by atoms with van der Waals surface area (Å²) < 4.78 is 3.24. The van der Waals surface area contributed by atoms with Crippen LogP contribution in [-0.4, -0.2) is 22.4 Å². The number of rotatable bonds is 7. The summed E-state index contributed by atoms with van der Waals surface area (Å²) in [5.74, 6) is 0. The van der Waals surface area contributed by atoms with Crippen molar-refractivity contribution in [1.82, 2.24) is 15.1 Å². The molecule has 0 aromatic carbocycles. The van der Waals surface area contributed by atoms with Crippen molar-refractivity contribution >= 4 is 15.9 Å². The summed E-state index contributed by atoms with van der Waals surface area (Å²) in [6.07, 6.45) is 4.46. The first kappa shape index (κ1) is 17.7. The van der Waals surface area contributed by atoms with Crippen LogP contribution in [0.4, 0.5) is 0 Å². The van der Waals surface area contributed by atoms with Gasteiger partial charge in [-0.1, -0.05) is 34.6 Å². The molecule has 0 aliphatic rings. The molecule has 0 fully saturated rings. The van der Waals surface area contributed by atoms with Crippen molar-refractivity contribution in [3.63, 3.8) is 0 Å². The fourth-order valence-electron chi connectivity index (χ4n) is 2.65. The molecule has 1 N–H and O–H groups in total. The zero-order valence-electron chi connectivity index (χ0n) is 13.9. The molecule has 1 heterocycles. The predicted octanol–water partition coefficient (Wildman–Crippen LogP) is 4.09. The van der Waals surface area contributed by atoms with Crippen LogP contribution in [0.3, 0.4) is 0 Å². The minimum atomic E-state index is 0.314. The van der Waals surface area contributed by atoms with E-state index in [4.69, 9.17) is 0 Å². The lowest BCUT2D eigenvalue weighted by Crippen LogP contribution is -2.40. The molecule has 0 saturated heterocycles. The molecule has 0 saturated carbocycles. The standard InChI is InChI=1S/C16H30BrN3/c1-7-12-15(17)13(20(6)19-12)10-9-11-14(18-8-2)16(3,4)5/h14,18H,7-11H2,1-6H3. The molecular formula is C16H30BrN3. The molecule has 0 spiro atoms. The van der Waals surface area contributed by atoms with Gasteiger partial charge >= 0.3 is 0 Å². The van der Waals surface area contributed by atoms with E-state index in [0.717, 1.165) is 19.4 Å². The van der Waals surface area contributed by atoms with Crippen molar-refractivity contribution in [2.45, 2.75) is 66.3 Å². The monoisotopic (exact) mass is 343 g/mol. The highest BCUT2D eigenvalue weighted by Gasteiger charge is 2.23. The number of hydrogen-bond acceptors (Lipinski definition) is 2. The van der Waals surface area contributed by atoms with Crippen LogP contribution in [0.25, 0.3) is 0 Å². The van der Waals surface area contributed by atoms with Crippen LogP contribution < -0.4 is 5.32 Å². The van der Waals surface area contributed by atoms with Gasteiger partial charge in [0.2, 0.25) is 0 Å². The number of nitrogens with one attached hydrogen (secondary N) is 1. The minimum absolute atomic E-state index is 0.314. The lowest BCUT2D eigenvalue weighted by atomic mass is 9.83. The third-order valence-corrected chi connectivity index (χ3v) is 4.82. The van der Waals surface area contributed by atoms with Crippen LogP contribution in [0.5, 0.6) is 0 Å². The van der Waals surface area contributed by atoms with Gasteiger partial charge in [-0.15, -0.1) is 0 Å². The number of hydrogen-bond donors (Lipinski definition) is 1. The Hall–Kier alpha value is -0.350. The van der Waals surface area contributed by atoms with Crippen molar-refractivity contribution < 1.29 is 0 Å². The van der Waals surface area contributed by atoms with E-state index >= 15 is 0 Å². The second kappa shape index (κ2) is 7.60. The molecule has 0 amide bonds. The first-order valence-corrected chi connectivity index (χ1v) is 8.54. The third kappa shape index (κ3) is 4.59. The first-order valence-electron chi connectivity index (χ1n) is 7.74. The maximum absolute atomic E-state index is 4.57. The molecular weight excluding hydrogens is 314 g/mol. The summed E-state index contributed by atoms with van der Waals surface area (Å²) in [6, 6.07) is 0.574. The van der Waals surface area contributed by atoms with Crippen LogP contribution in [-0.2, 0) is 19.9 Å². The number of halogens is 1.